The van der Waals surface area contributed by atoms with Crippen molar-refractivity contribution in [1.82, 2.24) is 35.5 Å². The van der Waals surface area contributed by atoms with Gasteiger partial charge in [0.05, 0.1) is 42.1 Å². The monoisotopic (exact) mass is 629 g/mol. The first-order chi connectivity index (χ1) is 22.8. The largest absolute Gasteiger partial charge is 0.453 e. The Morgan fingerprint density at radius 3 is 2.43 bits per heavy atom. The quantitative estimate of drug-likeness (QED) is 0.169. The Balaban J connectivity index is 0.944. The lowest BCUT2D eigenvalue weighted by Gasteiger charge is -2.31. The van der Waals surface area contributed by atoms with E-state index in [1.165, 1.54) is 25.5 Å². The van der Waals surface area contributed by atoms with Crippen LogP contribution in [0.15, 0.2) is 60.8 Å². The minimum absolute atomic E-state index is 0.0731. The van der Waals surface area contributed by atoms with E-state index >= 15 is 0 Å². The van der Waals surface area contributed by atoms with Gasteiger partial charge in [-0.05, 0) is 89.6 Å². The molecule has 4 N–H and O–H groups in total. The Labute approximate surface area is 272 Å². The highest BCUT2D eigenvalue weighted by Crippen LogP contribution is 2.53. The van der Waals surface area contributed by atoms with Gasteiger partial charge in [-0.25, -0.2) is 14.8 Å². The average Bonchev–Trinajstić information content (AvgIpc) is 3.66. The summed E-state index contributed by atoms with van der Waals surface area (Å²) in [5.41, 5.74) is 6.37. The SMILES string of the molecule is COC(=O)N[C@H](C(=O)N1[C@@H]2C[C@@H]2C[C@H]1c1ncc(-c2ccc3cc(-c4ccc5nc([C@@H]6C[C@H]7C[C@H]7N6)[nH]c5c4)ccc3c2)[nH]1)C(C)C. The zero-order valence-electron chi connectivity index (χ0n) is 26.8. The maximum absolute atomic E-state index is 13.8. The van der Waals surface area contributed by atoms with Crippen LogP contribution in [-0.2, 0) is 9.53 Å². The van der Waals surface area contributed by atoms with Gasteiger partial charge >= 0.3 is 6.09 Å². The number of H-pyrrole nitrogens is 2. The molecule has 2 saturated heterocycles. The smallest absolute Gasteiger partial charge is 0.407 e. The first kappa shape index (κ1) is 28.5. The fourth-order valence-electron chi connectivity index (χ4n) is 8.03. The molecule has 0 bridgehead atoms. The number of carbonyl (C=O) groups is 2. The second-order valence-electron chi connectivity index (χ2n) is 14.3. The van der Waals surface area contributed by atoms with E-state index in [2.05, 4.69) is 75.2 Å². The number of fused-ring (bicyclic) bond motifs is 4. The first-order valence-electron chi connectivity index (χ1n) is 16.8. The molecular formula is C37H39N7O3. The van der Waals surface area contributed by atoms with Crippen LogP contribution in [0.2, 0.25) is 0 Å². The van der Waals surface area contributed by atoms with Crippen LogP contribution in [-0.4, -0.2) is 62.1 Å². The summed E-state index contributed by atoms with van der Waals surface area (Å²) >= 11 is 0. The summed E-state index contributed by atoms with van der Waals surface area (Å²) in [6.07, 6.45) is 5.64. The highest BCUT2D eigenvalue weighted by atomic mass is 16.5. The van der Waals surface area contributed by atoms with Crippen LogP contribution < -0.4 is 10.6 Å². The van der Waals surface area contributed by atoms with E-state index in [0.29, 0.717) is 18.0 Å². The molecule has 240 valence electrons. The highest BCUT2D eigenvalue weighted by Gasteiger charge is 2.56. The lowest BCUT2D eigenvalue weighted by molar-refractivity contribution is -0.136. The number of aromatic nitrogens is 4. The maximum Gasteiger partial charge on any atom is 0.407 e. The fraction of sp³-hybridized carbons (Fsp3) is 0.405. The Morgan fingerprint density at radius 2 is 1.66 bits per heavy atom. The lowest BCUT2D eigenvalue weighted by Crippen LogP contribution is -2.52. The van der Waals surface area contributed by atoms with Gasteiger partial charge in [0.15, 0.2) is 0 Å². The van der Waals surface area contributed by atoms with Crippen molar-refractivity contribution in [3.8, 4) is 22.4 Å². The van der Waals surface area contributed by atoms with Crippen molar-refractivity contribution in [2.45, 2.75) is 69.7 Å². The van der Waals surface area contributed by atoms with E-state index in [4.69, 9.17) is 14.7 Å². The minimum atomic E-state index is -0.650. The molecule has 4 fully saturated rings. The van der Waals surface area contributed by atoms with E-state index < -0.39 is 12.1 Å². The number of aromatic amines is 2. The molecule has 7 atom stereocenters. The standard InChI is InChI=1S/C37H39N7O3/c1-18(2)33(43-37(46)47-3)36(45)44-31-15-25(31)16-32(44)35-38-17-30(42-35)23-7-6-19-10-20(4-5-21(19)11-23)22-8-9-26-28(12-22)41-34(40-26)29-14-24-13-27(24)39-29/h4-12,17-18,24-25,27,29,31-33,39H,13-16H2,1-3H3,(H,38,42)(H,40,41)(H,43,46)/t24-,25-,27-,29+,31-,32+,33+/m1/s1. The molecule has 5 aromatic rings. The molecule has 2 saturated carbocycles. The Kier molecular flexibility index (Phi) is 6.47. The lowest BCUT2D eigenvalue weighted by atomic mass is 9.99. The first-order valence-corrected chi connectivity index (χ1v) is 16.8. The minimum Gasteiger partial charge on any atom is -0.453 e. The normalized spacial score (nSPS) is 26.4. The molecule has 2 amide bonds. The van der Waals surface area contributed by atoms with Gasteiger partial charge in [0.25, 0.3) is 0 Å². The summed E-state index contributed by atoms with van der Waals surface area (Å²) in [7, 11) is 1.31. The zero-order valence-corrected chi connectivity index (χ0v) is 26.8. The number of hydrogen-bond acceptors (Lipinski definition) is 6. The fourth-order valence-corrected chi connectivity index (χ4v) is 8.03. The number of rotatable bonds is 7. The highest BCUT2D eigenvalue weighted by molar-refractivity contribution is 5.92. The number of hydrogen-bond donors (Lipinski definition) is 4. The maximum atomic E-state index is 13.8. The molecule has 0 unspecified atom stereocenters. The van der Waals surface area contributed by atoms with Gasteiger partial charge in [0.2, 0.25) is 5.91 Å². The van der Waals surface area contributed by atoms with E-state index in [1.54, 1.807) is 0 Å². The third-order valence-corrected chi connectivity index (χ3v) is 10.9. The van der Waals surface area contributed by atoms with Crippen molar-refractivity contribution in [1.29, 1.82) is 0 Å². The summed E-state index contributed by atoms with van der Waals surface area (Å²) in [4.78, 5) is 44.5. The van der Waals surface area contributed by atoms with E-state index in [1.807, 2.05) is 24.9 Å². The second-order valence-corrected chi connectivity index (χ2v) is 14.3. The number of nitrogens with one attached hydrogen (secondary N) is 4. The summed E-state index contributed by atoms with van der Waals surface area (Å²) in [6, 6.07) is 20.0. The van der Waals surface area contributed by atoms with Crippen molar-refractivity contribution < 1.29 is 14.3 Å². The van der Waals surface area contributed by atoms with Crippen LogP contribution in [0.5, 0.6) is 0 Å². The van der Waals surface area contributed by atoms with Gasteiger partial charge in [-0.3, -0.25) is 4.79 Å². The van der Waals surface area contributed by atoms with E-state index in [0.717, 1.165) is 69.0 Å². The van der Waals surface area contributed by atoms with Gasteiger partial charge in [-0.2, -0.15) is 0 Å². The number of ether oxygens (including phenoxy) is 1. The molecule has 2 aliphatic heterocycles. The summed E-state index contributed by atoms with van der Waals surface area (Å²) in [5.74, 6) is 3.00. The van der Waals surface area contributed by atoms with Crippen molar-refractivity contribution in [2.75, 3.05) is 7.11 Å². The molecule has 0 radical (unpaired) electrons. The topological polar surface area (TPSA) is 128 Å². The average molecular weight is 630 g/mol. The third-order valence-electron chi connectivity index (χ3n) is 10.9. The van der Waals surface area contributed by atoms with Gasteiger partial charge in [0, 0.05) is 17.6 Å². The Bertz CT molecular complexity index is 2040. The van der Waals surface area contributed by atoms with Crippen LogP contribution in [0, 0.1) is 17.8 Å². The van der Waals surface area contributed by atoms with Crippen molar-refractivity contribution >= 4 is 33.8 Å². The molecule has 2 aromatic heterocycles. The van der Waals surface area contributed by atoms with Crippen molar-refractivity contribution in [3.63, 3.8) is 0 Å². The zero-order chi connectivity index (χ0) is 32.0. The van der Waals surface area contributed by atoms with Crippen molar-refractivity contribution in [3.05, 3.63) is 72.4 Å². The second kappa shape index (κ2) is 10.7. The van der Waals surface area contributed by atoms with Gasteiger partial charge in [0.1, 0.15) is 17.7 Å². The summed E-state index contributed by atoms with van der Waals surface area (Å²) < 4.78 is 4.80. The van der Waals surface area contributed by atoms with Crippen molar-refractivity contribution in [2.24, 2.45) is 17.8 Å². The Morgan fingerprint density at radius 1 is 0.894 bits per heavy atom. The molecule has 3 aromatic carbocycles. The number of nitrogens with zero attached hydrogens (tertiary/aromatic N) is 3. The molecule has 0 spiro atoms. The number of imidazole rings is 2. The third kappa shape index (κ3) is 4.97. The van der Waals surface area contributed by atoms with E-state index in [-0.39, 0.29) is 23.9 Å². The van der Waals surface area contributed by atoms with Crippen LogP contribution in [0.4, 0.5) is 4.79 Å². The number of benzene rings is 3. The number of likely N-dealkylation sites (tertiary alicyclic amines) is 1. The predicted molar refractivity (Wildman–Crippen MR) is 179 cm³/mol. The molecule has 2 aliphatic carbocycles. The van der Waals surface area contributed by atoms with E-state index in [9.17, 15) is 9.59 Å². The molecule has 9 rings (SSSR count). The number of carbonyl (C=O) groups excluding carboxylic acids is 2. The molecule has 10 heteroatoms. The van der Waals surface area contributed by atoms with Gasteiger partial charge in [-0.15, -0.1) is 0 Å². The molecule has 47 heavy (non-hydrogen) atoms. The molecule has 10 nitrogen and oxygen atoms in total. The Hall–Kier alpha value is -4.70. The van der Waals surface area contributed by atoms with Gasteiger partial charge in [-0.1, -0.05) is 44.2 Å². The van der Waals surface area contributed by atoms with Crippen LogP contribution in [0.25, 0.3) is 44.2 Å². The number of methoxy groups -OCH3 is 1. The van der Waals surface area contributed by atoms with Crippen LogP contribution >= 0.6 is 0 Å². The molecule has 4 heterocycles. The number of alkyl carbamates (subject to hydrolysis) is 1. The predicted octanol–water partition coefficient (Wildman–Crippen LogP) is 6.24. The molecule has 4 aliphatic rings. The number of amides is 2. The number of piperidine rings is 2. The van der Waals surface area contributed by atoms with Crippen LogP contribution in [0.1, 0.15) is 63.3 Å². The summed E-state index contributed by atoms with van der Waals surface area (Å²) in [6.45, 7) is 3.87. The molecular weight excluding hydrogens is 590 g/mol. The van der Waals surface area contributed by atoms with Crippen LogP contribution in [0.3, 0.4) is 0 Å². The van der Waals surface area contributed by atoms with Gasteiger partial charge < -0.3 is 30.2 Å². The summed E-state index contributed by atoms with van der Waals surface area (Å²) in [5, 5.41) is 8.75.